The van der Waals surface area contributed by atoms with Gasteiger partial charge in [0.25, 0.3) is 5.91 Å². The number of para-hydroxylation sites is 2. The van der Waals surface area contributed by atoms with E-state index in [1.807, 2.05) is 18.2 Å². The molecule has 7 nitrogen and oxygen atoms in total. The van der Waals surface area contributed by atoms with Gasteiger partial charge in [0.15, 0.2) is 18.6 Å². The predicted molar refractivity (Wildman–Crippen MR) is 99.5 cm³/mol. The highest BCUT2D eigenvalue weighted by Crippen LogP contribution is 2.18. The van der Waals surface area contributed by atoms with Crippen molar-refractivity contribution in [2.24, 2.45) is 0 Å². The lowest BCUT2D eigenvalue weighted by molar-refractivity contribution is -0.134. The van der Waals surface area contributed by atoms with Crippen LogP contribution in [0.15, 0.2) is 59.3 Å². The summed E-state index contributed by atoms with van der Waals surface area (Å²) in [4.78, 5) is 32.7. The number of nitrogens with zero attached hydrogens (tertiary/aromatic N) is 3. The number of oxazole rings is 1. The number of fused-ring (bicyclic) bond motifs is 1. The summed E-state index contributed by atoms with van der Waals surface area (Å²) in [7, 11) is 0. The van der Waals surface area contributed by atoms with Crippen molar-refractivity contribution in [2.45, 2.75) is 0 Å². The highest BCUT2D eigenvalue weighted by atomic mass is 16.5. The standard InChI is InChI=1S/C20H19N3O4/c24-18(23-11-9-22(10-12-23)15-5-2-1-3-6-15)13-26-20(25)16-7-4-8-17-19(16)21-14-27-17/h1-8,14H,9-13H2. The molecule has 0 unspecified atom stereocenters. The number of hydrogen-bond acceptors (Lipinski definition) is 6. The zero-order valence-electron chi connectivity index (χ0n) is 14.7. The molecule has 1 amide bonds. The van der Waals surface area contributed by atoms with E-state index in [1.165, 1.54) is 6.39 Å². The van der Waals surface area contributed by atoms with E-state index in [1.54, 1.807) is 23.1 Å². The number of benzene rings is 2. The minimum Gasteiger partial charge on any atom is -0.452 e. The average Bonchev–Trinajstić information content (AvgIpc) is 3.21. The third kappa shape index (κ3) is 3.62. The average molecular weight is 365 g/mol. The third-order valence-electron chi connectivity index (χ3n) is 4.66. The molecule has 1 aliphatic heterocycles. The molecule has 0 aliphatic carbocycles. The molecule has 4 rings (SSSR count). The molecule has 0 N–H and O–H groups in total. The smallest absolute Gasteiger partial charge is 0.340 e. The topological polar surface area (TPSA) is 75.9 Å². The predicted octanol–water partition coefficient (Wildman–Crippen LogP) is 2.33. The van der Waals surface area contributed by atoms with Gasteiger partial charge in [-0.2, -0.15) is 0 Å². The summed E-state index contributed by atoms with van der Waals surface area (Å²) >= 11 is 0. The van der Waals surface area contributed by atoms with E-state index in [2.05, 4.69) is 22.0 Å². The van der Waals surface area contributed by atoms with Crippen LogP contribution in [-0.4, -0.2) is 54.5 Å². The molecule has 0 spiro atoms. The molecule has 0 atom stereocenters. The van der Waals surface area contributed by atoms with Crippen LogP contribution in [0.2, 0.25) is 0 Å². The number of carbonyl (C=O) groups is 2. The Labute approximate surface area is 156 Å². The van der Waals surface area contributed by atoms with E-state index < -0.39 is 5.97 Å². The maximum Gasteiger partial charge on any atom is 0.340 e. The Balaban J connectivity index is 1.31. The Kier molecular flexibility index (Phi) is 4.74. The van der Waals surface area contributed by atoms with Gasteiger partial charge in [-0.15, -0.1) is 0 Å². The van der Waals surface area contributed by atoms with Crippen LogP contribution < -0.4 is 4.90 Å². The minimum absolute atomic E-state index is 0.191. The lowest BCUT2D eigenvalue weighted by Gasteiger charge is -2.36. The summed E-state index contributed by atoms with van der Waals surface area (Å²) in [6.07, 6.45) is 1.28. The van der Waals surface area contributed by atoms with Crippen molar-refractivity contribution < 1.29 is 18.7 Å². The fourth-order valence-corrected chi connectivity index (χ4v) is 3.20. The molecule has 1 fully saturated rings. The molecule has 1 aliphatic rings. The van der Waals surface area contributed by atoms with Crippen molar-refractivity contribution in [2.75, 3.05) is 37.7 Å². The van der Waals surface area contributed by atoms with Gasteiger partial charge in [-0.1, -0.05) is 24.3 Å². The highest BCUT2D eigenvalue weighted by Gasteiger charge is 2.23. The number of rotatable bonds is 4. The Morgan fingerprint density at radius 1 is 1.00 bits per heavy atom. The molecule has 27 heavy (non-hydrogen) atoms. The maximum atomic E-state index is 12.4. The number of aromatic nitrogens is 1. The summed E-state index contributed by atoms with van der Waals surface area (Å²) in [6.45, 7) is 2.43. The van der Waals surface area contributed by atoms with Crippen LogP contribution in [0.5, 0.6) is 0 Å². The molecule has 0 bridgehead atoms. The van der Waals surface area contributed by atoms with E-state index >= 15 is 0 Å². The first-order valence-corrected chi connectivity index (χ1v) is 8.79. The second-order valence-electron chi connectivity index (χ2n) is 6.28. The summed E-state index contributed by atoms with van der Waals surface area (Å²) < 4.78 is 10.4. The van der Waals surface area contributed by atoms with Crippen molar-refractivity contribution in [3.05, 3.63) is 60.5 Å². The van der Waals surface area contributed by atoms with Crippen LogP contribution in [0.25, 0.3) is 11.1 Å². The number of hydrogen-bond donors (Lipinski definition) is 0. The van der Waals surface area contributed by atoms with Gasteiger partial charge in [0.05, 0.1) is 5.56 Å². The first-order chi connectivity index (χ1) is 13.2. The molecule has 138 valence electrons. The summed E-state index contributed by atoms with van der Waals surface area (Å²) in [6, 6.07) is 15.1. The van der Waals surface area contributed by atoms with E-state index in [9.17, 15) is 9.59 Å². The monoisotopic (exact) mass is 365 g/mol. The van der Waals surface area contributed by atoms with Gasteiger partial charge < -0.3 is 19.0 Å². The van der Waals surface area contributed by atoms with Crippen LogP contribution >= 0.6 is 0 Å². The van der Waals surface area contributed by atoms with Crippen LogP contribution in [0.1, 0.15) is 10.4 Å². The number of carbonyl (C=O) groups excluding carboxylic acids is 2. The molecule has 3 aromatic rings. The summed E-state index contributed by atoms with van der Waals surface area (Å²) in [5.41, 5.74) is 2.39. The van der Waals surface area contributed by atoms with Crippen molar-refractivity contribution in [3.8, 4) is 0 Å². The molecular weight excluding hydrogens is 346 g/mol. The fourth-order valence-electron chi connectivity index (χ4n) is 3.20. The second kappa shape index (κ2) is 7.49. The van der Waals surface area contributed by atoms with Crippen LogP contribution in [0.3, 0.4) is 0 Å². The number of esters is 1. The first kappa shape index (κ1) is 17.1. The molecule has 2 aromatic carbocycles. The quantitative estimate of drug-likeness (QED) is 0.661. The summed E-state index contributed by atoms with van der Waals surface area (Å²) in [5.74, 6) is -0.769. The number of piperazine rings is 1. The number of ether oxygens (including phenoxy) is 1. The maximum absolute atomic E-state index is 12.4. The third-order valence-corrected chi connectivity index (χ3v) is 4.66. The van der Waals surface area contributed by atoms with Gasteiger partial charge in [0.1, 0.15) is 5.52 Å². The SMILES string of the molecule is O=C(OCC(=O)N1CCN(c2ccccc2)CC1)c1cccc2ocnc12. The van der Waals surface area contributed by atoms with Crippen molar-refractivity contribution in [1.82, 2.24) is 9.88 Å². The van der Waals surface area contributed by atoms with E-state index in [-0.39, 0.29) is 12.5 Å². The van der Waals surface area contributed by atoms with Gasteiger partial charge in [-0.25, -0.2) is 9.78 Å². The van der Waals surface area contributed by atoms with Crippen molar-refractivity contribution in [1.29, 1.82) is 0 Å². The first-order valence-electron chi connectivity index (χ1n) is 8.79. The van der Waals surface area contributed by atoms with Gasteiger partial charge >= 0.3 is 5.97 Å². The normalized spacial score (nSPS) is 14.4. The number of anilines is 1. The van der Waals surface area contributed by atoms with E-state index in [0.29, 0.717) is 29.8 Å². The minimum atomic E-state index is -0.578. The second-order valence-corrected chi connectivity index (χ2v) is 6.28. The van der Waals surface area contributed by atoms with Crippen LogP contribution in [0.4, 0.5) is 5.69 Å². The molecule has 1 aromatic heterocycles. The Bertz CT molecular complexity index is 946. The highest BCUT2D eigenvalue weighted by molar-refractivity contribution is 6.01. The van der Waals surface area contributed by atoms with E-state index in [4.69, 9.17) is 9.15 Å². The molecule has 7 heteroatoms. The van der Waals surface area contributed by atoms with Gasteiger partial charge in [-0.05, 0) is 24.3 Å². The van der Waals surface area contributed by atoms with Crippen LogP contribution in [-0.2, 0) is 9.53 Å². The van der Waals surface area contributed by atoms with Crippen molar-refractivity contribution in [3.63, 3.8) is 0 Å². The lowest BCUT2D eigenvalue weighted by atomic mass is 10.2. The Hall–Kier alpha value is -3.35. The Morgan fingerprint density at radius 3 is 2.56 bits per heavy atom. The fraction of sp³-hybridized carbons (Fsp3) is 0.250. The zero-order chi connectivity index (χ0) is 18.6. The molecule has 0 radical (unpaired) electrons. The van der Waals surface area contributed by atoms with Crippen LogP contribution in [0, 0.1) is 0 Å². The molecular formula is C20H19N3O4. The van der Waals surface area contributed by atoms with Crippen molar-refractivity contribution >= 4 is 28.7 Å². The lowest BCUT2D eigenvalue weighted by Crippen LogP contribution is -2.49. The van der Waals surface area contributed by atoms with Gasteiger partial charge in [-0.3, -0.25) is 4.79 Å². The molecule has 0 saturated carbocycles. The molecule has 2 heterocycles. The molecule has 1 saturated heterocycles. The number of amides is 1. The van der Waals surface area contributed by atoms with Gasteiger partial charge in [0, 0.05) is 31.9 Å². The zero-order valence-corrected chi connectivity index (χ0v) is 14.7. The Morgan fingerprint density at radius 2 is 1.78 bits per heavy atom. The summed E-state index contributed by atoms with van der Waals surface area (Å²) in [5, 5.41) is 0. The van der Waals surface area contributed by atoms with Gasteiger partial charge in [0.2, 0.25) is 0 Å². The largest absolute Gasteiger partial charge is 0.452 e. The van der Waals surface area contributed by atoms with E-state index in [0.717, 1.165) is 18.8 Å².